The fraction of sp³-hybridized carbons (Fsp3) is 0.741. The Morgan fingerprint density at radius 3 is 2.06 bits per heavy atom. The van der Waals surface area contributed by atoms with Crippen molar-refractivity contribution < 1.29 is 31.6 Å². The fourth-order valence-corrected chi connectivity index (χ4v) is 6.03. The van der Waals surface area contributed by atoms with Crippen molar-refractivity contribution in [2.24, 2.45) is 0 Å². The molecule has 202 valence electrons. The van der Waals surface area contributed by atoms with E-state index in [1.165, 1.54) is 0 Å². The van der Waals surface area contributed by atoms with Gasteiger partial charge in [-0.2, -0.15) is 8.42 Å². The van der Waals surface area contributed by atoms with Crippen molar-refractivity contribution in [2.75, 3.05) is 12.9 Å². The third-order valence-electron chi connectivity index (χ3n) is 7.21. The molecule has 36 heavy (non-hydrogen) atoms. The highest BCUT2D eigenvalue weighted by Gasteiger charge is 2.45. The van der Waals surface area contributed by atoms with Crippen molar-refractivity contribution in [3.63, 3.8) is 0 Å². The summed E-state index contributed by atoms with van der Waals surface area (Å²) in [6, 6.07) is 8.23. The number of hydrogen-bond donors (Lipinski definition) is 0. The van der Waals surface area contributed by atoms with E-state index < -0.39 is 15.7 Å². The molecule has 3 fully saturated rings. The van der Waals surface area contributed by atoms with Gasteiger partial charge in [-0.15, -0.1) is 0 Å². The van der Waals surface area contributed by atoms with Crippen LogP contribution in [0.3, 0.4) is 0 Å². The maximum Gasteiger partial charge on any atom is 0.410 e. The van der Waals surface area contributed by atoms with E-state index in [1.807, 2.05) is 49.9 Å². The molecule has 2 heterocycles. The second-order valence-corrected chi connectivity index (χ2v) is 13.1. The minimum absolute atomic E-state index is 0.143. The van der Waals surface area contributed by atoms with E-state index in [0.717, 1.165) is 68.9 Å². The second kappa shape index (κ2) is 11.3. The number of amides is 1. The van der Waals surface area contributed by atoms with E-state index in [-0.39, 0.29) is 43.1 Å². The van der Waals surface area contributed by atoms with Gasteiger partial charge in [-0.1, -0.05) is 12.1 Å². The Labute approximate surface area is 215 Å². The molecule has 1 aliphatic carbocycles. The van der Waals surface area contributed by atoms with Crippen molar-refractivity contribution in [3.05, 3.63) is 29.8 Å². The quantitative estimate of drug-likeness (QED) is 0.450. The van der Waals surface area contributed by atoms with Gasteiger partial charge in [0, 0.05) is 12.1 Å². The zero-order valence-electron chi connectivity index (χ0n) is 22.0. The number of benzene rings is 1. The third-order valence-corrected chi connectivity index (χ3v) is 7.81. The number of fused-ring (bicyclic) bond motifs is 2. The average molecular weight is 524 g/mol. The molecule has 0 aromatic heterocycles. The number of nitrogens with zero attached hydrogens (tertiary/aromatic N) is 1. The van der Waals surface area contributed by atoms with Crippen LogP contribution in [0.5, 0.6) is 5.75 Å². The Morgan fingerprint density at radius 2 is 1.50 bits per heavy atom. The van der Waals surface area contributed by atoms with Crippen molar-refractivity contribution in [2.45, 2.75) is 115 Å². The molecule has 9 heteroatoms. The van der Waals surface area contributed by atoms with Crippen LogP contribution < -0.4 is 4.74 Å². The smallest absolute Gasteiger partial charge is 0.410 e. The molecule has 1 amide bonds. The fourth-order valence-electron chi connectivity index (χ4n) is 5.65. The number of piperidine rings is 1. The highest BCUT2D eigenvalue weighted by atomic mass is 32.2. The molecule has 0 N–H and O–H groups in total. The molecule has 3 atom stereocenters. The largest absolute Gasteiger partial charge is 0.490 e. The first-order chi connectivity index (χ1) is 16.9. The van der Waals surface area contributed by atoms with Gasteiger partial charge in [-0.25, -0.2) is 4.79 Å². The Kier molecular flexibility index (Phi) is 8.52. The van der Waals surface area contributed by atoms with Gasteiger partial charge in [-0.3, -0.25) is 4.18 Å². The van der Waals surface area contributed by atoms with E-state index in [2.05, 4.69) is 0 Å². The zero-order valence-corrected chi connectivity index (χ0v) is 22.8. The number of rotatable bonds is 8. The highest BCUT2D eigenvalue weighted by molar-refractivity contribution is 7.85. The average Bonchev–Trinajstić information content (AvgIpc) is 3.05. The van der Waals surface area contributed by atoms with Crippen molar-refractivity contribution in [1.82, 2.24) is 4.90 Å². The summed E-state index contributed by atoms with van der Waals surface area (Å²) in [6.45, 7) is 5.89. The molecular formula is C27H41NO7S. The summed E-state index contributed by atoms with van der Waals surface area (Å²) in [4.78, 5) is 14.7. The van der Waals surface area contributed by atoms with E-state index >= 15 is 0 Å². The first kappa shape index (κ1) is 27.2. The van der Waals surface area contributed by atoms with Crippen molar-refractivity contribution in [1.29, 1.82) is 0 Å². The van der Waals surface area contributed by atoms with Gasteiger partial charge in [0.25, 0.3) is 10.1 Å². The first-order valence-electron chi connectivity index (χ1n) is 13.2. The molecule has 2 bridgehead atoms. The summed E-state index contributed by atoms with van der Waals surface area (Å²) in [6.07, 6.45) is 9.79. The van der Waals surface area contributed by atoms with Crippen LogP contribution in [0.2, 0.25) is 0 Å². The highest BCUT2D eigenvalue weighted by Crippen LogP contribution is 2.39. The zero-order chi connectivity index (χ0) is 25.9. The number of carbonyl (C=O) groups excluding carboxylic acids is 1. The van der Waals surface area contributed by atoms with Gasteiger partial charge >= 0.3 is 6.09 Å². The summed E-state index contributed by atoms with van der Waals surface area (Å²) in [5.41, 5.74) is 0.538. The Morgan fingerprint density at radius 1 is 0.917 bits per heavy atom. The lowest BCUT2D eigenvalue weighted by Crippen LogP contribution is -2.50. The van der Waals surface area contributed by atoms with E-state index in [1.54, 1.807) is 0 Å². The molecule has 1 saturated carbocycles. The number of carbonyl (C=O) groups is 1. The normalized spacial score (nSPS) is 28.7. The number of ether oxygens (including phenoxy) is 3. The summed E-state index contributed by atoms with van der Waals surface area (Å²) in [5.74, 6) is 0.832. The lowest BCUT2D eigenvalue weighted by molar-refractivity contribution is -0.0812. The first-order valence-corrected chi connectivity index (χ1v) is 15.0. The van der Waals surface area contributed by atoms with Gasteiger partial charge in [0.15, 0.2) is 0 Å². The standard InChI is InChI=1S/C27H41NO7S/c1-27(2,3)35-26(29)28-20-7-8-21(28)18-25(17-20)34-24-13-11-23(12-14-24)33-22-9-5-19(6-10-22)15-16-32-36(4,30)31/h5-6,9-10,20-21,23-25H,7-8,11-18H2,1-4H3/t20-,21+,23?,24?,25?. The predicted octanol–water partition coefficient (Wildman–Crippen LogP) is 4.84. The molecule has 1 aromatic rings. The topological polar surface area (TPSA) is 91.4 Å². The SMILES string of the molecule is CC(C)(C)OC(=O)N1[C@@H]2CC[C@H]1CC(OC1CCC(Oc3ccc(CCOS(C)(=O)=O)cc3)CC1)C2. The predicted molar refractivity (Wildman–Crippen MR) is 137 cm³/mol. The minimum Gasteiger partial charge on any atom is -0.490 e. The molecule has 8 nitrogen and oxygen atoms in total. The molecule has 0 radical (unpaired) electrons. The molecule has 2 saturated heterocycles. The summed E-state index contributed by atoms with van der Waals surface area (Å²) >= 11 is 0. The molecule has 4 rings (SSSR count). The Hall–Kier alpha value is -1.84. The monoisotopic (exact) mass is 523 g/mol. The number of hydrogen-bond acceptors (Lipinski definition) is 7. The van der Waals surface area contributed by atoms with Crippen molar-refractivity contribution in [3.8, 4) is 5.75 Å². The maximum atomic E-state index is 12.7. The molecule has 1 aromatic carbocycles. The van der Waals surface area contributed by atoms with Crippen molar-refractivity contribution >= 4 is 16.2 Å². The van der Waals surface area contributed by atoms with E-state index in [4.69, 9.17) is 18.4 Å². The van der Waals surface area contributed by atoms with Crippen LogP contribution in [0.25, 0.3) is 0 Å². The van der Waals surface area contributed by atoms with Crippen LogP contribution in [-0.2, 0) is 30.2 Å². The van der Waals surface area contributed by atoms with E-state index in [0.29, 0.717) is 6.42 Å². The van der Waals surface area contributed by atoms with E-state index in [9.17, 15) is 13.2 Å². The third kappa shape index (κ3) is 7.83. The Bertz CT molecular complexity index is 966. The lowest BCUT2D eigenvalue weighted by atomic mass is 9.93. The van der Waals surface area contributed by atoms with Crippen LogP contribution >= 0.6 is 0 Å². The molecule has 1 unspecified atom stereocenters. The summed E-state index contributed by atoms with van der Waals surface area (Å²) in [5, 5.41) is 0. The maximum absolute atomic E-state index is 12.7. The van der Waals surface area contributed by atoms with Gasteiger partial charge < -0.3 is 19.1 Å². The van der Waals surface area contributed by atoms with Gasteiger partial charge in [0.2, 0.25) is 0 Å². The molecule has 3 aliphatic rings. The van der Waals surface area contributed by atoms with Gasteiger partial charge in [0.1, 0.15) is 11.4 Å². The minimum atomic E-state index is -3.41. The van der Waals surface area contributed by atoms with Crippen LogP contribution in [-0.4, -0.2) is 68.3 Å². The molecular weight excluding hydrogens is 482 g/mol. The van der Waals surface area contributed by atoms with Crippen LogP contribution in [0, 0.1) is 0 Å². The molecule has 0 spiro atoms. The Balaban J connectivity index is 1.18. The summed E-state index contributed by atoms with van der Waals surface area (Å²) < 4.78 is 45.3. The van der Waals surface area contributed by atoms with Gasteiger partial charge in [-0.05, 0) is 96.3 Å². The lowest BCUT2D eigenvalue weighted by Gasteiger charge is -2.41. The molecule has 2 aliphatic heterocycles. The summed E-state index contributed by atoms with van der Waals surface area (Å²) in [7, 11) is -3.41. The van der Waals surface area contributed by atoms with Gasteiger partial charge in [0.05, 0.1) is 31.2 Å². The van der Waals surface area contributed by atoms with Crippen LogP contribution in [0.1, 0.15) is 77.7 Å². The van der Waals surface area contributed by atoms with Crippen LogP contribution in [0.4, 0.5) is 4.79 Å². The van der Waals surface area contributed by atoms with Crippen LogP contribution in [0.15, 0.2) is 24.3 Å². The second-order valence-electron chi connectivity index (χ2n) is 11.4.